The van der Waals surface area contributed by atoms with Crippen LogP contribution in [0.15, 0.2) is 18.2 Å². The van der Waals surface area contributed by atoms with E-state index in [1.807, 2.05) is 0 Å². The molecule has 0 aliphatic carbocycles. The van der Waals surface area contributed by atoms with Gasteiger partial charge in [-0.1, -0.05) is 23.2 Å². The second-order valence-corrected chi connectivity index (χ2v) is 6.28. The predicted octanol–water partition coefficient (Wildman–Crippen LogP) is 4.21. The van der Waals surface area contributed by atoms with Crippen molar-refractivity contribution in [2.24, 2.45) is 0 Å². The number of halogens is 2. The van der Waals surface area contributed by atoms with E-state index in [1.165, 1.54) is 23.1 Å². The zero-order chi connectivity index (χ0) is 16.2. The highest BCUT2D eigenvalue weighted by Crippen LogP contribution is 2.27. The molecule has 0 spiro atoms. The summed E-state index contributed by atoms with van der Waals surface area (Å²) in [5.74, 6) is -1.02. The molecule has 0 fully saturated rings. The molecule has 1 rings (SSSR count). The number of benzene rings is 1. The Bertz CT molecular complexity index is 520. The Hall–Kier alpha value is -1.46. The molecule has 0 saturated heterocycles. The number of hydrogen-bond acceptors (Lipinski definition) is 3. The molecule has 1 amide bonds. The quantitative estimate of drug-likeness (QED) is 0.896. The standard InChI is InChI=1S/C14H17Cl2NO4/c1-14(2,3)21-13(20)17(5-4-12(18)19)11-7-9(15)6-10(16)8-11/h6-8H,4-5H2,1-3H3,(H,18,19). The highest BCUT2D eigenvalue weighted by molar-refractivity contribution is 6.35. The minimum Gasteiger partial charge on any atom is -0.481 e. The van der Waals surface area contributed by atoms with Crippen LogP contribution in [0.3, 0.4) is 0 Å². The van der Waals surface area contributed by atoms with Crippen molar-refractivity contribution in [1.82, 2.24) is 0 Å². The second-order valence-electron chi connectivity index (χ2n) is 5.40. The van der Waals surface area contributed by atoms with E-state index in [0.29, 0.717) is 15.7 Å². The van der Waals surface area contributed by atoms with Gasteiger partial charge in [-0.05, 0) is 39.0 Å². The molecule has 21 heavy (non-hydrogen) atoms. The van der Waals surface area contributed by atoms with Gasteiger partial charge in [-0.25, -0.2) is 4.79 Å². The van der Waals surface area contributed by atoms with Gasteiger partial charge in [-0.15, -0.1) is 0 Å². The molecule has 0 aliphatic heterocycles. The van der Waals surface area contributed by atoms with E-state index in [9.17, 15) is 9.59 Å². The fourth-order valence-corrected chi connectivity index (χ4v) is 2.06. The maximum Gasteiger partial charge on any atom is 0.414 e. The van der Waals surface area contributed by atoms with E-state index in [2.05, 4.69) is 0 Å². The van der Waals surface area contributed by atoms with E-state index >= 15 is 0 Å². The third-order valence-corrected chi connectivity index (χ3v) is 2.76. The Morgan fingerprint density at radius 1 is 1.19 bits per heavy atom. The number of carbonyl (C=O) groups is 2. The Balaban J connectivity index is 3.06. The molecule has 0 aromatic heterocycles. The first-order valence-electron chi connectivity index (χ1n) is 6.27. The molecular weight excluding hydrogens is 317 g/mol. The van der Waals surface area contributed by atoms with Crippen molar-refractivity contribution >= 4 is 41.0 Å². The summed E-state index contributed by atoms with van der Waals surface area (Å²) < 4.78 is 5.27. The van der Waals surface area contributed by atoms with Crippen LogP contribution in [0.5, 0.6) is 0 Å². The molecule has 0 bridgehead atoms. The normalized spacial score (nSPS) is 11.1. The van der Waals surface area contributed by atoms with Crippen LogP contribution >= 0.6 is 23.2 Å². The highest BCUT2D eigenvalue weighted by atomic mass is 35.5. The predicted molar refractivity (Wildman–Crippen MR) is 82.3 cm³/mol. The molecular formula is C14H17Cl2NO4. The van der Waals surface area contributed by atoms with Crippen LogP contribution in [0.1, 0.15) is 27.2 Å². The molecule has 1 aromatic rings. The molecule has 116 valence electrons. The van der Waals surface area contributed by atoms with Gasteiger partial charge in [0, 0.05) is 22.3 Å². The molecule has 0 atom stereocenters. The number of anilines is 1. The number of carbonyl (C=O) groups excluding carboxylic acids is 1. The Labute approximate surface area is 133 Å². The summed E-state index contributed by atoms with van der Waals surface area (Å²) in [6.07, 6.45) is -0.870. The first kappa shape index (κ1) is 17.6. The van der Waals surface area contributed by atoms with E-state index in [1.54, 1.807) is 20.8 Å². The molecule has 0 heterocycles. The van der Waals surface area contributed by atoms with Crippen molar-refractivity contribution in [3.63, 3.8) is 0 Å². The second kappa shape index (κ2) is 7.00. The van der Waals surface area contributed by atoms with Crippen molar-refractivity contribution < 1.29 is 19.4 Å². The summed E-state index contributed by atoms with van der Waals surface area (Å²) in [5.41, 5.74) is -0.302. The van der Waals surface area contributed by atoms with Gasteiger partial charge in [0.1, 0.15) is 5.60 Å². The van der Waals surface area contributed by atoms with Crippen LogP contribution in [0, 0.1) is 0 Å². The lowest BCUT2D eigenvalue weighted by molar-refractivity contribution is -0.136. The van der Waals surface area contributed by atoms with Gasteiger partial charge < -0.3 is 9.84 Å². The van der Waals surface area contributed by atoms with Gasteiger partial charge in [-0.2, -0.15) is 0 Å². The molecule has 0 unspecified atom stereocenters. The van der Waals surface area contributed by atoms with Gasteiger partial charge in [0.2, 0.25) is 0 Å². The lowest BCUT2D eigenvalue weighted by Gasteiger charge is -2.27. The van der Waals surface area contributed by atoms with Crippen molar-refractivity contribution in [3.05, 3.63) is 28.2 Å². The van der Waals surface area contributed by atoms with Crippen LogP contribution in [-0.2, 0) is 9.53 Å². The van der Waals surface area contributed by atoms with Crippen LogP contribution in [-0.4, -0.2) is 29.3 Å². The molecule has 1 N–H and O–H groups in total. The topological polar surface area (TPSA) is 66.8 Å². The summed E-state index contributed by atoms with van der Waals surface area (Å²) in [5, 5.41) is 9.50. The number of carboxylic acid groups (broad SMARTS) is 1. The van der Waals surface area contributed by atoms with Gasteiger partial charge in [0.05, 0.1) is 6.42 Å². The Morgan fingerprint density at radius 3 is 2.14 bits per heavy atom. The molecule has 0 saturated carbocycles. The zero-order valence-electron chi connectivity index (χ0n) is 12.0. The molecule has 5 nitrogen and oxygen atoms in total. The minimum atomic E-state index is -1.02. The van der Waals surface area contributed by atoms with E-state index in [0.717, 1.165) is 0 Å². The molecule has 0 radical (unpaired) electrons. The molecule has 1 aromatic carbocycles. The van der Waals surface area contributed by atoms with Crippen molar-refractivity contribution in [2.45, 2.75) is 32.8 Å². The monoisotopic (exact) mass is 333 g/mol. The van der Waals surface area contributed by atoms with Crippen molar-refractivity contribution in [1.29, 1.82) is 0 Å². The fourth-order valence-electron chi connectivity index (χ4n) is 1.55. The smallest absolute Gasteiger partial charge is 0.414 e. The summed E-state index contributed by atoms with van der Waals surface area (Å²) in [6, 6.07) is 4.58. The summed E-state index contributed by atoms with van der Waals surface area (Å²) in [4.78, 5) is 24.2. The number of carboxylic acids is 1. The number of amides is 1. The lowest BCUT2D eigenvalue weighted by Crippen LogP contribution is -2.38. The van der Waals surface area contributed by atoms with Crippen LogP contribution in [0.4, 0.5) is 10.5 Å². The number of aliphatic carboxylic acids is 1. The van der Waals surface area contributed by atoms with Gasteiger partial charge in [0.25, 0.3) is 0 Å². The largest absolute Gasteiger partial charge is 0.481 e. The lowest BCUT2D eigenvalue weighted by atomic mass is 10.2. The Kier molecular flexibility index (Phi) is 5.87. The fraction of sp³-hybridized carbons (Fsp3) is 0.429. The van der Waals surface area contributed by atoms with E-state index < -0.39 is 17.7 Å². The van der Waals surface area contributed by atoms with Crippen LogP contribution in [0.2, 0.25) is 10.0 Å². The van der Waals surface area contributed by atoms with E-state index in [-0.39, 0.29) is 13.0 Å². The van der Waals surface area contributed by atoms with E-state index in [4.69, 9.17) is 33.0 Å². The average molecular weight is 334 g/mol. The maximum absolute atomic E-state index is 12.2. The third-order valence-electron chi connectivity index (χ3n) is 2.32. The number of nitrogens with zero attached hydrogens (tertiary/aromatic N) is 1. The van der Waals surface area contributed by atoms with Crippen LogP contribution in [0.25, 0.3) is 0 Å². The van der Waals surface area contributed by atoms with Crippen molar-refractivity contribution in [3.8, 4) is 0 Å². The SMILES string of the molecule is CC(C)(C)OC(=O)N(CCC(=O)O)c1cc(Cl)cc(Cl)c1. The highest BCUT2D eigenvalue weighted by Gasteiger charge is 2.24. The van der Waals surface area contributed by atoms with Gasteiger partial charge >= 0.3 is 12.1 Å². The number of hydrogen-bond donors (Lipinski definition) is 1. The van der Waals surface area contributed by atoms with Crippen molar-refractivity contribution in [2.75, 3.05) is 11.4 Å². The minimum absolute atomic E-state index is 0.0408. The van der Waals surface area contributed by atoms with Gasteiger partial charge in [0.15, 0.2) is 0 Å². The molecule has 0 aliphatic rings. The average Bonchev–Trinajstić information content (AvgIpc) is 2.24. The van der Waals surface area contributed by atoms with Gasteiger partial charge in [-0.3, -0.25) is 9.69 Å². The van der Waals surface area contributed by atoms with Crippen LogP contribution < -0.4 is 4.90 Å². The number of rotatable bonds is 4. The summed E-state index contributed by atoms with van der Waals surface area (Å²) >= 11 is 11.8. The third kappa shape index (κ3) is 6.23. The first-order valence-corrected chi connectivity index (χ1v) is 7.02. The summed E-state index contributed by atoms with van der Waals surface area (Å²) in [6.45, 7) is 5.14. The first-order chi connectivity index (χ1) is 9.58. The summed E-state index contributed by atoms with van der Waals surface area (Å²) in [7, 11) is 0. The molecule has 7 heteroatoms. The zero-order valence-corrected chi connectivity index (χ0v) is 13.5. The Morgan fingerprint density at radius 2 is 1.71 bits per heavy atom. The maximum atomic E-state index is 12.2. The number of ether oxygens (including phenoxy) is 1.